The van der Waals surface area contributed by atoms with Crippen LogP contribution in [0.4, 0.5) is 13.2 Å². The summed E-state index contributed by atoms with van der Waals surface area (Å²) in [6.07, 6.45) is -4.45. The Morgan fingerprint density at radius 1 is 1.37 bits per heavy atom. The van der Waals surface area contributed by atoms with Crippen LogP contribution in [0.5, 0.6) is 0 Å². The molecule has 0 aliphatic rings. The van der Waals surface area contributed by atoms with Crippen LogP contribution in [0.1, 0.15) is 5.56 Å². The van der Waals surface area contributed by atoms with Crippen LogP contribution in [0, 0.1) is 0 Å². The predicted octanol–water partition coefficient (Wildman–Crippen LogP) is 3.88. The Bertz CT molecular complexity index is 609. The highest BCUT2D eigenvalue weighted by atomic mass is 79.9. The molecule has 0 atom stereocenters. The quantitative estimate of drug-likeness (QED) is 0.892. The summed E-state index contributed by atoms with van der Waals surface area (Å²) in [5.74, 6) is -1.90. The zero-order valence-corrected chi connectivity index (χ0v) is 12.0. The summed E-state index contributed by atoms with van der Waals surface area (Å²) >= 11 is 4.89. The fourth-order valence-corrected chi connectivity index (χ4v) is 3.00. The first kappa shape index (κ1) is 14.3. The lowest BCUT2D eigenvalue weighted by Crippen LogP contribution is -2.37. The monoisotopic (exact) mass is 351 g/mol. The summed E-state index contributed by atoms with van der Waals surface area (Å²) in [6.45, 7) is -0.0311. The van der Waals surface area contributed by atoms with E-state index in [0.29, 0.717) is 6.42 Å². The molecule has 102 valence electrons. The average molecular weight is 352 g/mol. The van der Waals surface area contributed by atoms with Crippen LogP contribution < -0.4 is 5.32 Å². The molecule has 0 unspecified atom stereocenters. The molecule has 1 N–H and O–H groups in total. The van der Waals surface area contributed by atoms with Crippen molar-refractivity contribution >= 4 is 43.3 Å². The molecule has 0 radical (unpaired) electrons. The number of fused-ring (bicyclic) bond motifs is 1. The molecule has 2 aromatic rings. The van der Waals surface area contributed by atoms with E-state index in [9.17, 15) is 18.0 Å². The largest absolute Gasteiger partial charge is 0.471 e. The number of thiophene rings is 1. The highest BCUT2D eigenvalue weighted by Gasteiger charge is 2.38. The summed E-state index contributed by atoms with van der Waals surface area (Å²) in [5, 5.41) is 4.77. The molecule has 0 bridgehead atoms. The van der Waals surface area contributed by atoms with Gasteiger partial charge in [-0.2, -0.15) is 13.2 Å². The number of halogens is 4. The average Bonchev–Trinajstić information content (AvgIpc) is 2.70. The molecule has 0 aliphatic heterocycles. The van der Waals surface area contributed by atoms with Crippen LogP contribution in [0.15, 0.2) is 28.1 Å². The third-order valence-corrected chi connectivity index (χ3v) is 4.06. The number of alkyl halides is 3. The molecule has 19 heavy (non-hydrogen) atoms. The third-order valence-electron chi connectivity index (χ3n) is 2.55. The number of carbonyl (C=O) groups is 1. The molecule has 1 aromatic heterocycles. The lowest BCUT2D eigenvalue weighted by atomic mass is 10.1. The van der Waals surface area contributed by atoms with Crippen molar-refractivity contribution in [2.75, 3.05) is 6.54 Å². The topological polar surface area (TPSA) is 29.1 Å². The molecule has 0 spiro atoms. The molecular formula is C12H9BrF3NOS. The number of carbonyl (C=O) groups excluding carboxylic acids is 1. The molecule has 1 aromatic carbocycles. The van der Waals surface area contributed by atoms with Gasteiger partial charge >= 0.3 is 12.1 Å². The van der Waals surface area contributed by atoms with Gasteiger partial charge in [-0.3, -0.25) is 4.79 Å². The van der Waals surface area contributed by atoms with Crippen molar-refractivity contribution in [3.63, 3.8) is 0 Å². The van der Waals surface area contributed by atoms with Gasteiger partial charge in [-0.25, -0.2) is 0 Å². The second-order valence-electron chi connectivity index (χ2n) is 3.91. The summed E-state index contributed by atoms with van der Waals surface area (Å²) < 4.78 is 38.0. The number of rotatable bonds is 3. The Hall–Kier alpha value is -1.08. The van der Waals surface area contributed by atoms with Gasteiger partial charge in [-0.05, 0) is 40.9 Å². The molecule has 0 saturated heterocycles. The smallest absolute Gasteiger partial charge is 0.348 e. The maximum atomic E-state index is 12.0. The van der Waals surface area contributed by atoms with Crippen LogP contribution in [0.2, 0.25) is 0 Å². The summed E-state index contributed by atoms with van der Waals surface area (Å²) in [6, 6.07) is 5.78. The first-order valence-corrected chi connectivity index (χ1v) is 7.06. The highest BCUT2D eigenvalue weighted by molar-refractivity contribution is 9.10. The van der Waals surface area contributed by atoms with Crippen molar-refractivity contribution in [1.82, 2.24) is 5.32 Å². The number of amides is 1. The van der Waals surface area contributed by atoms with Gasteiger partial charge in [-0.1, -0.05) is 15.9 Å². The molecule has 2 rings (SSSR count). The van der Waals surface area contributed by atoms with Gasteiger partial charge in [0.15, 0.2) is 0 Å². The van der Waals surface area contributed by atoms with Crippen LogP contribution in [0.25, 0.3) is 10.1 Å². The van der Waals surface area contributed by atoms with Gasteiger partial charge in [-0.15, -0.1) is 11.3 Å². The van der Waals surface area contributed by atoms with E-state index in [1.165, 1.54) is 11.3 Å². The minimum Gasteiger partial charge on any atom is -0.348 e. The minimum absolute atomic E-state index is 0.0311. The van der Waals surface area contributed by atoms with Crippen molar-refractivity contribution in [3.8, 4) is 0 Å². The number of nitrogens with one attached hydrogen (secondary N) is 1. The van der Waals surface area contributed by atoms with Crippen molar-refractivity contribution in [1.29, 1.82) is 0 Å². The van der Waals surface area contributed by atoms with Gasteiger partial charge in [0.25, 0.3) is 0 Å². The van der Waals surface area contributed by atoms with E-state index >= 15 is 0 Å². The van der Waals surface area contributed by atoms with Crippen LogP contribution in [-0.4, -0.2) is 18.6 Å². The number of hydrogen-bond acceptors (Lipinski definition) is 2. The van der Waals surface area contributed by atoms with Crippen molar-refractivity contribution in [3.05, 3.63) is 33.6 Å². The van der Waals surface area contributed by atoms with Crippen LogP contribution in [-0.2, 0) is 11.2 Å². The second kappa shape index (κ2) is 5.50. The van der Waals surface area contributed by atoms with E-state index in [4.69, 9.17) is 0 Å². The van der Waals surface area contributed by atoms with E-state index in [0.717, 1.165) is 20.1 Å². The predicted molar refractivity (Wildman–Crippen MR) is 72.3 cm³/mol. The van der Waals surface area contributed by atoms with Gasteiger partial charge in [0.1, 0.15) is 0 Å². The molecule has 1 heterocycles. The maximum absolute atomic E-state index is 12.0. The molecule has 2 nitrogen and oxygen atoms in total. The number of benzene rings is 1. The van der Waals surface area contributed by atoms with Gasteiger partial charge in [0.05, 0.1) is 0 Å². The lowest BCUT2D eigenvalue weighted by Gasteiger charge is -2.07. The normalized spacial score (nSPS) is 11.8. The Labute approximate surface area is 119 Å². The summed E-state index contributed by atoms with van der Waals surface area (Å²) in [4.78, 5) is 10.7. The van der Waals surface area contributed by atoms with Crippen molar-refractivity contribution in [2.24, 2.45) is 0 Å². The van der Waals surface area contributed by atoms with E-state index in [1.54, 1.807) is 0 Å². The first-order chi connectivity index (χ1) is 8.88. The Morgan fingerprint density at radius 3 is 2.79 bits per heavy atom. The standard InChI is InChI=1S/C12H9BrF3NOS/c13-8-1-2-10-9(5-8)7(6-19-10)3-4-17-11(18)12(14,15)16/h1-2,5-6H,3-4H2,(H,17,18). The SMILES string of the molecule is O=C(NCCc1csc2ccc(Br)cc12)C(F)(F)F. The highest BCUT2D eigenvalue weighted by Crippen LogP contribution is 2.29. The van der Waals surface area contributed by atoms with Gasteiger partial charge in [0.2, 0.25) is 0 Å². The third kappa shape index (κ3) is 3.48. The van der Waals surface area contributed by atoms with Crippen molar-refractivity contribution < 1.29 is 18.0 Å². The van der Waals surface area contributed by atoms with Crippen LogP contribution >= 0.6 is 27.3 Å². The molecule has 0 saturated carbocycles. The minimum atomic E-state index is -4.82. The Kier molecular flexibility index (Phi) is 4.15. The number of hydrogen-bond donors (Lipinski definition) is 1. The Morgan fingerprint density at radius 2 is 2.11 bits per heavy atom. The molecular weight excluding hydrogens is 343 g/mol. The summed E-state index contributed by atoms with van der Waals surface area (Å²) in [7, 11) is 0. The first-order valence-electron chi connectivity index (χ1n) is 5.38. The van der Waals surface area contributed by atoms with E-state index < -0.39 is 12.1 Å². The van der Waals surface area contributed by atoms with E-state index in [2.05, 4.69) is 15.9 Å². The van der Waals surface area contributed by atoms with Crippen LogP contribution in [0.3, 0.4) is 0 Å². The fourth-order valence-electron chi connectivity index (χ4n) is 1.66. The Balaban J connectivity index is 2.03. The maximum Gasteiger partial charge on any atom is 0.471 e. The van der Waals surface area contributed by atoms with Gasteiger partial charge in [0, 0.05) is 15.7 Å². The molecule has 1 amide bonds. The fraction of sp³-hybridized carbons (Fsp3) is 0.250. The summed E-state index contributed by atoms with van der Waals surface area (Å²) in [5.41, 5.74) is 0.934. The van der Waals surface area contributed by atoms with Crippen molar-refractivity contribution in [2.45, 2.75) is 12.6 Å². The molecule has 7 heteroatoms. The molecule has 0 fully saturated rings. The second-order valence-corrected chi connectivity index (χ2v) is 5.73. The van der Waals surface area contributed by atoms with E-state index in [1.807, 2.05) is 28.9 Å². The van der Waals surface area contributed by atoms with E-state index in [-0.39, 0.29) is 6.54 Å². The van der Waals surface area contributed by atoms with Gasteiger partial charge < -0.3 is 5.32 Å². The zero-order chi connectivity index (χ0) is 14.0. The molecule has 0 aliphatic carbocycles. The lowest BCUT2D eigenvalue weighted by molar-refractivity contribution is -0.173. The zero-order valence-electron chi connectivity index (χ0n) is 9.55.